The molecule has 5 heteroatoms. The van der Waals surface area contributed by atoms with Crippen LogP contribution < -0.4 is 0 Å². The van der Waals surface area contributed by atoms with Crippen LogP contribution in [0.5, 0.6) is 0 Å². The molecule has 0 aromatic heterocycles. The van der Waals surface area contributed by atoms with Gasteiger partial charge in [-0.05, 0) is 55.9 Å². The molecule has 0 spiro atoms. The van der Waals surface area contributed by atoms with Crippen LogP contribution in [0.2, 0.25) is 0 Å². The lowest BCUT2D eigenvalue weighted by molar-refractivity contribution is 0.444. The SMILES string of the molecule is CCCC1CCN(S(=O)(=O)c2c(C)cc(F)cc2C)C1. The highest BCUT2D eigenvalue weighted by molar-refractivity contribution is 7.89. The number of benzene rings is 1. The van der Waals surface area contributed by atoms with Gasteiger partial charge in [0.2, 0.25) is 10.0 Å². The van der Waals surface area contributed by atoms with Crippen LogP contribution in [-0.2, 0) is 10.0 Å². The van der Waals surface area contributed by atoms with Gasteiger partial charge in [-0.25, -0.2) is 12.8 Å². The molecule has 1 atom stereocenters. The summed E-state index contributed by atoms with van der Waals surface area (Å²) in [7, 11) is -3.50. The highest BCUT2D eigenvalue weighted by atomic mass is 32.2. The Hall–Kier alpha value is -0.940. The van der Waals surface area contributed by atoms with Crippen LogP contribution in [0.25, 0.3) is 0 Å². The first-order valence-corrected chi connectivity index (χ1v) is 8.57. The number of aryl methyl sites for hydroxylation is 2. The van der Waals surface area contributed by atoms with Gasteiger partial charge >= 0.3 is 0 Å². The van der Waals surface area contributed by atoms with Gasteiger partial charge in [0.1, 0.15) is 5.82 Å². The van der Waals surface area contributed by atoms with Gasteiger partial charge in [-0.1, -0.05) is 13.3 Å². The van der Waals surface area contributed by atoms with E-state index in [0.29, 0.717) is 30.1 Å². The quantitative estimate of drug-likeness (QED) is 0.856. The Morgan fingerprint density at radius 2 is 1.90 bits per heavy atom. The van der Waals surface area contributed by atoms with Gasteiger partial charge in [0.25, 0.3) is 0 Å². The predicted molar refractivity (Wildman–Crippen MR) is 77.6 cm³/mol. The standard InChI is InChI=1S/C15H22FNO2S/c1-4-5-13-6-7-17(10-13)20(18,19)15-11(2)8-14(16)9-12(15)3/h8-9,13H,4-7,10H2,1-3H3. The van der Waals surface area contributed by atoms with E-state index in [-0.39, 0.29) is 10.7 Å². The fraction of sp³-hybridized carbons (Fsp3) is 0.600. The van der Waals surface area contributed by atoms with Crippen molar-refractivity contribution in [1.82, 2.24) is 4.31 Å². The van der Waals surface area contributed by atoms with E-state index in [1.807, 2.05) is 0 Å². The summed E-state index contributed by atoms with van der Waals surface area (Å²) in [5, 5.41) is 0. The molecule has 1 saturated heterocycles. The normalized spacial score (nSPS) is 20.5. The summed E-state index contributed by atoms with van der Waals surface area (Å²) in [6.07, 6.45) is 3.06. The molecule has 0 radical (unpaired) electrons. The minimum absolute atomic E-state index is 0.274. The zero-order chi connectivity index (χ0) is 14.9. The van der Waals surface area contributed by atoms with Crippen molar-refractivity contribution in [1.29, 1.82) is 0 Å². The lowest BCUT2D eigenvalue weighted by Gasteiger charge is -2.19. The summed E-state index contributed by atoms with van der Waals surface area (Å²) < 4.78 is 40.4. The van der Waals surface area contributed by atoms with E-state index < -0.39 is 10.0 Å². The fourth-order valence-electron chi connectivity index (χ4n) is 3.09. The highest BCUT2D eigenvalue weighted by Gasteiger charge is 2.33. The van der Waals surface area contributed by atoms with Crippen LogP contribution in [-0.4, -0.2) is 25.8 Å². The molecule has 2 rings (SSSR count). The topological polar surface area (TPSA) is 37.4 Å². The van der Waals surface area contributed by atoms with Crippen LogP contribution in [0.3, 0.4) is 0 Å². The van der Waals surface area contributed by atoms with Crippen LogP contribution in [0, 0.1) is 25.6 Å². The molecule has 0 aliphatic carbocycles. The van der Waals surface area contributed by atoms with Crippen molar-refractivity contribution >= 4 is 10.0 Å². The second-order valence-electron chi connectivity index (χ2n) is 5.68. The maximum absolute atomic E-state index is 13.3. The minimum Gasteiger partial charge on any atom is -0.207 e. The van der Waals surface area contributed by atoms with Crippen molar-refractivity contribution in [3.63, 3.8) is 0 Å². The molecule has 0 N–H and O–H groups in total. The van der Waals surface area contributed by atoms with E-state index in [0.717, 1.165) is 19.3 Å². The Morgan fingerprint density at radius 3 is 2.45 bits per heavy atom. The van der Waals surface area contributed by atoms with E-state index >= 15 is 0 Å². The largest absolute Gasteiger partial charge is 0.243 e. The maximum atomic E-state index is 13.3. The van der Waals surface area contributed by atoms with Crippen molar-refractivity contribution < 1.29 is 12.8 Å². The molecular weight excluding hydrogens is 277 g/mol. The summed E-state index contributed by atoms with van der Waals surface area (Å²) in [5.74, 6) is 0.0695. The highest BCUT2D eigenvalue weighted by Crippen LogP contribution is 2.30. The number of hydrogen-bond donors (Lipinski definition) is 0. The van der Waals surface area contributed by atoms with E-state index in [2.05, 4.69) is 6.92 Å². The second kappa shape index (κ2) is 5.82. The molecule has 1 aromatic rings. The third kappa shape index (κ3) is 2.88. The average Bonchev–Trinajstić information content (AvgIpc) is 2.76. The predicted octanol–water partition coefficient (Wildman–Crippen LogP) is 3.25. The van der Waals surface area contributed by atoms with Gasteiger partial charge in [0, 0.05) is 13.1 Å². The number of halogens is 1. The molecule has 3 nitrogen and oxygen atoms in total. The van der Waals surface area contributed by atoms with Gasteiger partial charge in [0.05, 0.1) is 4.90 Å². The molecule has 20 heavy (non-hydrogen) atoms. The molecule has 1 aromatic carbocycles. The summed E-state index contributed by atoms with van der Waals surface area (Å²) >= 11 is 0. The first-order valence-electron chi connectivity index (χ1n) is 7.13. The monoisotopic (exact) mass is 299 g/mol. The number of rotatable bonds is 4. The van der Waals surface area contributed by atoms with Gasteiger partial charge in [-0.15, -0.1) is 0 Å². The molecular formula is C15H22FNO2S. The molecule has 1 unspecified atom stereocenters. The molecule has 1 fully saturated rings. The molecule has 1 aliphatic rings. The summed E-state index contributed by atoms with van der Waals surface area (Å²) in [5.41, 5.74) is 0.975. The Kier molecular flexibility index (Phi) is 4.49. The Labute approximate surface area is 120 Å². The van der Waals surface area contributed by atoms with Crippen molar-refractivity contribution in [3.05, 3.63) is 29.1 Å². The van der Waals surface area contributed by atoms with Gasteiger partial charge in [-0.2, -0.15) is 4.31 Å². The number of nitrogens with zero attached hydrogens (tertiary/aromatic N) is 1. The van der Waals surface area contributed by atoms with Gasteiger partial charge in [0.15, 0.2) is 0 Å². The lowest BCUT2D eigenvalue weighted by atomic mass is 10.0. The summed E-state index contributed by atoms with van der Waals surface area (Å²) in [6, 6.07) is 2.58. The number of sulfonamides is 1. The Bertz CT molecular complexity index is 575. The van der Waals surface area contributed by atoms with Crippen LogP contribution in [0.4, 0.5) is 4.39 Å². The lowest BCUT2D eigenvalue weighted by Crippen LogP contribution is -2.30. The van der Waals surface area contributed by atoms with E-state index in [4.69, 9.17) is 0 Å². The van der Waals surface area contributed by atoms with Crippen molar-refractivity contribution in [2.45, 2.75) is 44.9 Å². The molecule has 0 saturated carbocycles. The van der Waals surface area contributed by atoms with E-state index in [1.165, 1.54) is 12.1 Å². The van der Waals surface area contributed by atoms with Crippen LogP contribution in [0.1, 0.15) is 37.3 Å². The number of hydrogen-bond acceptors (Lipinski definition) is 2. The van der Waals surface area contributed by atoms with Crippen LogP contribution in [0.15, 0.2) is 17.0 Å². The zero-order valence-corrected chi connectivity index (χ0v) is 13.1. The smallest absolute Gasteiger partial charge is 0.207 e. The van der Waals surface area contributed by atoms with Crippen molar-refractivity contribution in [2.75, 3.05) is 13.1 Å². The molecule has 1 aliphatic heterocycles. The van der Waals surface area contributed by atoms with Crippen LogP contribution >= 0.6 is 0 Å². The molecule has 112 valence electrons. The van der Waals surface area contributed by atoms with Gasteiger partial charge < -0.3 is 0 Å². The first-order chi connectivity index (χ1) is 9.36. The summed E-state index contributed by atoms with van der Waals surface area (Å²) in [4.78, 5) is 0.274. The average molecular weight is 299 g/mol. The Morgan fingerprint density at radius 1 is 1.30 bits per heavy atom. The zero-order valence-electron chi connectivity index (χ0n) is 12.3. The van der Waals surface area contributed by atoms with E-state index in [9.17, 15) is 12.8 Å². The van der Waals surface area contributed by atoms with Crippen molar-refractivity contribution in [3.8, 4) is 0 Å². The second-order valence-corrected chi connectivity index (χ2v) is 7.55. The molecule has 1 heterocycles. The first kappa shape index (κ1) is 15.4. The van der Waals surface area contributed by atoms with Gasteiger partial charge in [-0.3, -0.25) is 0 Å². The minimum atomic E-state index is -3.50. The molecule has 0 amide bonds. The third-order valence-corrected chi connectivity index (χ3v) is 6.14. The molecule has 0 bridgehead atoms. The fourth-order valence-corrected chi connectivity index (χ4v) is 5.04. The van der Waals surface area contributed by atoms with Crippen molar-refractivity contribution in [2.24, 2.45) is 5.92 Å². The third-order valence-electron chi connectivity index (χ3n) is 3.97. The Balaban J connectivity index is 2.33. The van der Waals surface area contributed by atoms with E-state index in [1.54, 1.807) is 18.2 Å². The summed E-state index contributed by atoms with van der Waals surface area (Å²) in [6.45, 7) is 6.59. The maximum Gasteiger partial charge on any atom is 0.243 e.